The zero-order valence-corrected chi connectivity index (χ0v) is 9.46. The molecule has 1 atom stereocenters. The number of nitrogens with zero attached hydrogens (tertiary/aromatic N) is 1. The highest BCUT2D eigenvalue weighted by molar-refractivity contribution is 4.83. The van der Waals surface area contributed by atoms with Gasteiger partial charge in [0.15, 0.2) is 0 Å². The second-order valence-corrected chi connectivity index (χ2v) is 4.15. The number of hydrogen-bond acceptors (Lipinski definition) is 3. The summed E-state index contributed by atoms with van der Waals surface area (Å²) in [6, 6.07) is 0. The monoisotopic (exact) mass is 201 g/mol. The molecule has 84 valence electrons. The molecule has 0 amide bonds. The Balaban J connectivity index is 2.38. The van der Waals surface area contributed by atoms with Gasteiger partial charge in [-0.15, -0.1) is 0 Å². The number of aliphatic hydroxyl groups is 1. The van der Waals surface area contributed by atoms with Gasteiger partial charge in [0, 0.05) is 13.2 Å². The molecule has 1 fully saturated rings. The third kappa shape index (κ3) is 3.56. The number of hydrogen-bond donors (Lipinski definition) is 1. The quantitative estimate of drug-likeness (QED) is 0.743. The molecule has 1 aliphatic rings. The highest BCUT2D eigenvalue weighted by Gasteiger charge is 2.29. The van der Waals surface area contributed by atoms with Crippen molar-refractivity contribution in [1.29, 1.82) is 0 Å². The first-order valence-electron chi connectivity index (χ1n) is 5.72. The molecule has 1 rings (SSSR count). The predicted octanol–water partition coefficient (Wildman–Crippen LogP) is 1.26. The van der Waals surface area contributed by atoms with Gasteiger partial charge in [-0.25, -0.2) is 0 Å². The van der Waals surface area contributed by atoms with E-state index in [1.807, 2.05) is 6.92 Å². The average Bonchev–Trinajstić information content (AvgIpc) is 2.38. The van der Waals surface area contributed by atoms with Crippen molar-refractivity contribution in [2.24, 2.45) is 0 Å². The lowest BCUT2D eigenvalue weighted by molar-refractivity contribution is -0.0521. The molecule has 1 saturated heterocycles. The molecule has 1 aliphatic heterocycles. The van der Waals surface area contributed by atoms with E-state index in [0.29, 0.717) is 13.2 Å². The van der Waals surface area contributed by atoms with Crippen molar-refractivity contribution in [3.8, 4) is 0 Å². The third-order valence-electron chi connectivity index (χ3n) is 3.03. The van der Waals surface area contributed by atoms with E-state index in [-0.39, 0.29) is 0 Å². The van der Waals surface area contributed by atoms with E-state index in [9.17, 15) is 5.11 Å². The van der Waals surface area contributed by atoms with E-state index in [1.165, 1.54) is 0 Å². The van der Waals surface area contributed by atoms with E-state index in [1.54, 1.807) is 0 Å². The zero-order chi connectivity index (χ0) is 10.4. The molecule has 14 heavy (non-hydrogen) atoms. The molecular weight excluding hydrogens is 178 g/mol. The summed E-state index contributed by atoms with van der Waals surface area (Å²) in [6.07, 6.45) is 2.81. The lowest BCUT2D eigenvalue weighted by Gasteiger charge is -2.26. The SMILES string of the molecule is CCOCC1(O)CCCN(CC)CC1. The molecule has 0 aliphatic carbocycles. The number of rotatable bonds is 4. The number of likely N-dealkylation sites (tertiary alicyclic amines) is 1. The summed E-state index contributed by atoms with van der Waals surface area (Å²) in [6.45, 7) is 8.54. The topological polar surface area (TPSA) is 32.7 Å². The summed E-state index contributed by atoms with van der Waals surface area (Å²) in [5, 5.41) is 10.2. The van der Waals surface area contributed by atoms with Crippen LogP contribution in [0.15, 0.2) is 0 Å². The smallest absolute Gasteiger partial charge is 0.0892 e. The first kappa shape index (κ1) is 12.0. The predicted molar refractivity (Wildman–Crippen MR) is 57.4 cm³/mol. The van der Waals surface area contributed by atoms with Crippen LogP contribution < -0.4 is 0 Å². The van der Waals surface area contributed by atoms with Gasteiger partial charge in [-0.2, -0.15) is 0 Å². The van der Waals surface area contributed by atoms with Crippen molar-refractivity contribution in [1.82, 2.24) is 4.90 Å². The van der Waals surface area contributed by atoms with Gasteiger partial charge < -0.3 is 14.7 Å². The second-order valence-electron chi connectivity index (χ2n) is 4.15. The molecule has 0 radical (unpaired) electrons. The van der Waals surface area contributed by atoms with Crippen LogP contribution in [0.3, 0.4) is 0 Å². The van der Waals surface area contributed by atoms with Crippen LogP contribution in [0.1, 0.15) is 33.1 Å². The van der Waals surface area contributed by atoms with Crippen molar-refractivity contribution in [2.45, 2.75) is 38.7 Å². The maximum Gasteiger partial charge on any atom is 0.0892 e. The molecule has 0 aromatic carbocycles. The first-order valence-corrected chi connectivity index (χ1v) is 5.72. The van der Waals surface area contributed by atoms with E-state index in [0.717, 1.165) is 38.9 Å². The summed E-state index contributed by atoms with van der Waals surface area (Å²) >= 11 is 0. The summed E-state index contributed by atoms with van der Waals surface area (Å²) < 4.78 is 5.33. The molecule has 0 spiro atoms. The maximum absolute atomic E-state index is 10.2. The van der Waals surface area contributed by atoms with Gasteiger partial charge in [-0.05, 0) is 39.3 Å². The Hall–Kier alpha value is -0.120. The van der Waals surface area contributed by atoms with E-state index >= 15 is 0 Å². The Bertz CT molecular complexity index is 163. The zero-order valence-electron chi connectivity index (χ0n) is 9.46. The molecule has 0 saturated carbocycles. The summed E-state index contributed by atoms with van der Waals surface area (Å²) in [5.41, 5.74) is -0.570. The Morgan fingerprint density at radius 3 is 2.71 bits per heavy atom. The van der Waals surface area contributed by atoms with Crippen LogP contribution in [0.2, 0.25) is 0 Å². The Labute approximate surface area is 87.1 Å². The van der Waals surface area contributed by atoms with Crippen molar-refractivity contribution >= 4 is 0 Å². The average molecular weight is 201 g/mol. The fraction of sp³-hybridized carbons (Fsp3) is 1.00. The summed E-state index contributed by atoms with van der Waals surface area (Å²) in [5.74, 6) is 0. The van der Waals surface area contributed by atoms with Crippen LogP contribution in [-0.4, -0.2) is 48.5 Å². The second kappa shape index (κ2) is 5.69. The third-order valence-corrected chi connectivity index (χ3v) is 3.03. The van der Waals surface area contributed by atoms with Gasteiger partial charge in [-0.3, -0.25) is 0 Å². The Morgan fingerprint density at radius 1 is 1.29 bits per heavy atom. The molecule has 1 unspecified atom stereocenters. The van der Waals surface area contributed by atoms with Crippen LogP contribution in [0, 0.1) is 0 Å². The van der Waals surface area contributed by atoms with Gasteiger partial charge in [0.25, 0.3) is 0 Å². The Morgan fingerprint density at radius 2 is 2.07 bits per heavy atom. The fourth-order valence-electron chi connectivity index (χ4n) is 1.99. The molecular formula is C11H23NO2. The minimum Gasteiger partial charge on any atom is -0.387 e. The van der Waals surface area contributed by atoms with Gasteiger partial charge in [0.2, 0.25) is 0 Å². The van der Waals surface area contributed by atoms with Gasteiger partial charge in [0.05, 0.1) is 12.2 Å². The van der Waals surface area contributed by atoms with Gasteiger partial charge in [-0.1, -0.05) is 6.92 Å². The molecule has 1 heterocycles. The van der Waals surface area contributed by atoms with Crippen LogP contribution >= 0.6 is 0 Å². The summed E-state index contributed by atoms with van der Waals surface area (Å²) in [4.78, 5) is 2.39. The molecule has 0 aromatic rings. The van der Waals surface area contributed by atoms with Crippen molar-refractivity contribution in [3.05, 3.63) is 0 Å². The molecule has 1 N–H and O–H groups in total. The van der Waals surface area contributed by atoms with Crippen LogP contribution in [0.4, 0.5) is 0 Å². The maximum atomic E-state index is 10.2. The van der Waals surface area contributed by atoms with Crippen LogP contribution in [0.25, 0.3) is 0 Å². The van der Waals surface area contributed by atoms with Crippen molar-refractivity contribution in [2.75, 3.05) is 32.8 Å². The largest absolute Gasteiger partial charge is 0.387 e. The lowest BCUT2D eigenvalue weighted by atomic mass is 9.96. The first-order chi connectivity index (χ1) is 6.70. The highest BCUT2D eigenvalue weighted by atomic mass is 16.5. The minimum absolute atomic E-state index is 0.501. The standard InChI is InChI=1S/C11H23NO2/c1-3-12-8-5-6-11(13,7-9-12)10-14-4-2/h13H,3-10H2,1-2H3. The molecule has 0 aromatic heterocycles. The van der Waals surface area contributed by atoms with E-state index in [4.69, 9.17) is 4.74 Å². The van der Waals surface area contributed by atoms with Crippen molar-refractivity contribution < 1.29 is 9.84 Å². The van der Waals surface area contributed by atoms with Crippen LogP contribution in [-0.2, 0) is 4.74 Å². The molecule has 0 bridgehead atoms. The molecule has 3 nitrogen and oxygen atoms in total. The highest BCUT2D eigenvalue weighted by Crippen LogP contribution is 2.22. The normalized spacial score (nSPS) is 30.2. The number of ether oxygens (including phenoxy) is 1. The Kier molecular flexibility index (Phi) is 4.85. The fourth-order valence-corrected chi connectivity index (χ4v) is 1.99. The van der Waals surface area contributed by atoms with E-state index < -0.39 is 5.60 Å². The van der Waals surface area contributed by atoms with Gasteiger partial charge in [0.1, 0.15) is 0 Å². The van der Waals surface area contributed by atoms with Crippen molar-refractivity contribution in [3.63, 3.8) is 0 Å². The lowest BCUT2D eigenvalue weighted by Crippen LogP contribution is -2.36. The minimum atomic E-state index is -0.570. The van der Waals surface area contributed by atoms with E-state index in [2.05, 4.69) is 11.8 Å². The van der Waals surface area contributed by atoms with Crippen LogP contribution in [0.5, 0.6) is 0 Å². The molecule has 3 heteroatoms. The summed E-state index contributed by atoms with van der Waals surface area (Å²) in [7, 11) is 0. The van der Waals surface area contributed by atoms with Gasteiger partial charge >= 0.3 is 0 Å².